The van der Waals surface area contributed by atoms with Crippen molar-refractivity contribution in [1.82, 2.24) is 10.2 Å². The molecule has 0 aromatic rings. The van der Waals surface area contributed by atoms with Crippen LogP contribution in [0.1, 0.15) is 65.7 Å². The molecule has 2 aliphatic rings. The van der Waals surface area contributed by atoms with E-state index in [1.807, 2.05) is 25.7 Å². The summed E-state index contributed by atoms with van der Waals surface area (Å²) in [7, 11) is 0. The molecule has 2 fully saturated rings. The lowest BCUT2D eigenvalue weighted by Crippen LogP contribution is -2.66. The van der Waals surface area contributed by atoms with Crippen molar-refractivity contribution in [2.45, 2.75) is 83.8 Å². The molecule has 4 heteroatoms. The Labute approximate surface area is 122 Å². The minimum absolute atomic E-state index is 0.0377. The molecule has 20 heavy (non-hydrogen) atoms. The summed E-state index contributed by atoms with van der Waals surface area (Å²) in [5, 5.41) is 2.90. The lowest BCUT2D eigenvalue weighted by molar-refractivity contribution is -0.154. The summed E-state index contributed by atoms with van der Waals surface area (Å²) in [5.74, 6) is 0.341. The first kappa shape index (κ1) is 15.3. The molecule has 2 rings (SSSR count). The number of nitrogens with zero attached hydrogens (tertiary/aromatic N) is 1. The molecule has 1 saturated carbocycles. The number of carbonyl (C=O) groups excluding carboxylic acids is 2. The summed E-state index contributed by atoms with van der Waals surface area (Å²) in [4.78, 5) is 27.1. The highest BCUT2D eigenvalue weighted by Crippen LogP contribution is 2.28. The highest BCUT2D eigenvalue weighted by atomic mass is 16.2. The van der Waals surface area contributed by atoms with Gasteiger partial charge in [0.1, 0.15) is 12.1 Å². The second-order valence-electron chi connectivity index (χ2n) is 6.55. The Morgan fingerprint density at radius 3 is 2.25 bits per heavy atom. The van der Waals surface area contributed by atoms with E-state index < -0.39 is 0 Å². The second kappa shape index (κ2) is 6.59. The highest BCUT2D eigenvalue weighted by molar-refractivity contribution is 5.97. The van der Waals surface area contributed by atoms with Crippen LogP contribution in [0.2, 0.25) is 0 Å². The highest BCUT2D eigenvalue weighted by Gasteiger charge is 2.44. The van der Waals surface area contributed by atoms with E-state index in [0.717, 1.165) is 12.8 Å². The van der Waals surface area contributed by atoms with Crippen LogP contribution in [0.3, 0.4) is 0 Å². The Morgan fingerprint density at radius 1 is 1.15 bits per heavy atom. The third-order valence-corrected chi connectivity index (χ3v) is 4.70. The van der Waals surface area contributed by atoms with Gasteiger partial charge in [-0.2, -0.15) is 0 Å². The zero-order chi connectivity index (χ0) is 14.7. The smallest absolute Gasteiger partial charge is 0.246 e. The fourth-order valence-electron chi connectivity index (χ4n) is 3.61. The van der Waals surface area contributed by atoms with Gasteiger partial charge in [0.05, 0.1) is 0 Å². The molecule has 0 radical (unpaired) electrons. The van der Waals surface area contributed by atoms with Crippen molar-refractivity contribution in [1.29, 1.82) is 0 Å². The van der Waals surface area contributed by atoms with Gasteiger partial charge < -0.3 is 10.2 Å². The molecule has 2 unspecified atom stereocenters. The van der Waals surface area contributed by atoms with Crippen molar-refractivity contribution in [3.8, 4) is 0 Å². The number of hydrogen-bond acceptors (Lipinski definition) is 2. The molecule has 0 aromatic carbocycles. The maximum Gasteiger partial charge on any atom is 0.246 e. The van der Waals surface area contributed by atoms with Crippen LogP contribution in [-0.4, -0.2) is 34.8 Å². The van der Waals surface area contributed by atoms with E-state index in [1.165, 1.54) is 25.7 Å². The third-order valence-electron chi connectivity index (χ3n) is 4.70. The van der Waals surface area contributed by atoms with Crippen LogP contribution < -0.4 is 5.32 Å². The molecule has 2 atom stereocenters. The van der Waals surface area contributed by atoms with Gasteiger partial charge >= 0.3 is 0 Å². The first-order valence-corrected chi connectivity index (χ1v) is 8.18. The molecular weight excluding hydrogens is 252 g/mol. The SMILES string of the molecule is CCC1NC(=O)C(C(C)C)N(C2CCCCCC2)C1=O. The van der Waals surface area contributed by atoms with Crippen molar-refractivity contribution in [2.24, 2.45) is 5.92 Å². The number of carbonyl (C=O) groups is 2. The summed E-state index contributed by atoms with van der Waals surface area (Å²) < 4.78 is 0. The topological polar surface area (TPSA) is 49.4 Å². The molecule has 114 valence electrons. The molecule has 1 N–H and O–H groups in total. The second-order valence-corrected chi connectivity index (χ2v) is 6.55. The molecule has 1 aliphatic carbocycles. The third kappa shape index (κ3) is 2.99. The zero-order valence-corrected chi connectivity index (χ0v) is 13.0. The number of rotatable bonds is 3. The van der Waals surface area contributed by atoms with Crippen LogP contribution in [-0.2, 0) is 9.59 Å². The van der Waals surface area contributed by atoms with Gasteiger partial charge in [-0.25, -0.2) is 0 Å². The summed E-state index contributed by atoms with van der Waals surface area (Å²) in [6.07, 6.45) is 7.66. The fourth-order valence-corrected chi connectivity index (χ4v) is 3.61. The minimum atomic E-state index is -0.319. The van der Waals surface area contributed by atoms with E-state index in [1.54, 1.807) is 0 Å². The van der Waals surface area contributed by atoms with Gasteiger partial charge in [0.2, 0.25) is 11.8 Å². The van der Waals surface area contributed by atoms with Gasteiger partial charge in [-0.3, -0.25) is 9.59 Å². The van der Waals surface area contributed by atoms with Gasteiger partial charge in [-0.1, -0.05) is 46.5 Å². The van der Waals surface area contributed by atoms with Crippen LogP contribution in [0.25, 0.3) is 0 Å². The number of hydrogen-bond donors (Lipinski definition) is 1. The normalized spacial score (nSPS) is 29.5. The summed E-state index contributed by atoms with van der Waals surface area (Å²) in [5.41, 5.74) is 0. The maximum atomic E-state index is 12.7. The lowest BCUT2D eigenvalue weighted by Gasteiger charge is -2.45. The predicted molar refractivity (Wildman–Crippen MR) is 79.2 cm³/mol. The fraction of sp³-hybridized carbons (Fsp3) is 0.875. The van der Waals surface area contributed by atoms with E-state index in [4.69, 9.17) is 0 Å². The van der Waals surface area contributed by atoms with Gasteiger partial charge in [-0.15, -0.1) is 0 Å². The van der Waals surface area contributed by atoms with Gasteiger partial charge in [0, 0.05) is 6.04 Å². The molecule has 4 nitrogen and oxygen atoms in total. The van der Waals surface area contributed by atoms with Crippen molar-refractivity contribution < 1.29 is 9.59 Å². The zero-order valence-electron chi connectivity index (χ0n) is 13.0. The average Bonchev–Trinajstić information content (AvgIpc) is 2.68. The minimum Gasteiger partial charge on any atom is -0.343 e. The van der Waals surface area contributed by atoms with E-state index in [9.17, 15) is 9.59 Å². The number of piperazine rings is 1. The molecule has 1 heterocycles. The monoisotopic (exact) mass is 280 g/mol. The average molecular weight is 280 g/mol. The Kier molecular flexibility index (Phi) is 5.06. The first-order valence-electron chi connectivity index (χ1n) is 8.18. The Morgan fingerprint density at radius 2 is 1.75 bits per heavy atom. The van der Waals surface area contributed by atoms with Crippen LogP contribution in [0.15, 0.2) is 0 Å². The standard InChI is InChI=1S/C16H28N2O2/c1-4-13-16(20)18(12-9-7-5-6-8-10-12)14(11(2)3)15(19)17-13/h11-14H,4-10H2,1-3H3,(H,17,19). The van der Waals surface area contributed by atoms with E-state index in [0.29, 0.717) is 6.42 Å². The molecule has 2 amide bonds. The molecular formula is C16H28N2O2. The van der Waals surface area contributed by atoms with Crippen molar-refractivity contribution in [2.75, 3.05) is 0 Å². The molecule has 0 spiro atoms. The number of nitrogens with one attached hydrogen (secondary N) is 1. The molecule has 1 aliphatic heterocycles. The van der Waals surface area contributed by atoms with Crippen LogP contribution in [0.4, 0.5) is 0 Å². The first-order chi connectivity index (χ1) is 9.56. The van der Waals surface area contributed by atoms with E-state index >= 15 is 0 Å². The Hall–Kier alpha value is -1.06. The van der Waals surface area contributed by atoms with Gasteiger partial charge in [0.15, 0.2) is 0 Å². The van der Waals surface area contributed by atoms with Gasteiger partial charge in [-0.05, 0) is 25.2 Å². The van der Waals surface area contributed by atoms with Crippen molar-refractivity contribution >= 4 is 11.8 Å². The quantitative estimate of drug-likeness (QED) is 0.807. The van der Waals surface area contributed by atoms with Crippen molar-refractivity contribution in [3.05, 3.63) is 0 Å². The van der Waals surface area contributed by atoms with Gasteiger partial charge in [0.25, 0.3) is 0 Å². The largest absolute Gasteiger partial charge is 0.343 e. The molecule has 0 aromatic heterocycles. The summed E-state index contributed by atoms with van der Waals surface area (Å²) >= 11 is 0. The van der Waals surface area contributed by atoms with Crippen molar-refractivity contribution in [3.63, 3.8) is 0 Å². The molecule has 0 bridgehead atoms. The Balaban J connectivity index is 2.25. The number of amides is 2. The molecule has 1 saturated heterocycles. The summed E-state index contributed by atoms with van der Waals surface area (Å²) in [6.45, 7) is 6.03. The van der Waals surface area contributed by atoms with E-state index in [2.05, 4.69) is 5.32 Å². The summed E-state index contributed by atoms with van der Waals surface area (Å²) in [6, 6.07) is -0.341. The van der Waals surface area contributed by atoms with E-state index in [-0.39, 0.29) is 35.9 Å². The van der Waals surface area contributed by atoms with Crippen LogP contribution in [0.5, 0.6) is 0 Å². The Bertz CT molecular complexity index is 359. The van der Waals surface area contributed by atoms with Crippen LogP contribution in [0, 0.1) is 5.92 Å². The maximum absolute atomic E-state index is 12.7. The van der Waals surface area contributed by atoms with Crippen LogP contribution >= 0.6 is 0 Å². The predicted octanol–water partition coefficient (Wildman–Crippen LogP) is 2.47. The lowest BCUT2D eigenvalue weighted by atomic mass is 9.92.